The van der Waals surface area contributed by atoms with Crippen LogP contribution < -0.4 is 0 Å². The number of likely N-dealkylation sites (tertiary alicyclic amines) is 1. The fourth-order valence-electron chi connectivity index (χ4n) is 1.72. The van der Waals surface area contributed by atoms with E-state index in [0.29, 0.717) is 13.1 Å². The fourth-order valence-corrected chi connectivity index (χ4v) is 3.04. The highest BCUT2D eigenvalue weighted by Gasteiger charge is 2.31. The molecular formula is C10H12INO2S. The van der Waals surface area contributed by atoms with E-state index in [1.807, 2.05) is 18.4 Å². The first-order valence-electron chi connectivity index (χ1n) is 4.79. The third-order valence-electron chi connectivity index (χ3n) is 2.67. The molecule has 15 heavy (non-hydrogen) atoms. The van der Waals surface area contributed by atoms with Crippen LogP contribution >= 0.6 is 33.9 Å². The average molecular weight is 337 g/mol. The van der Waals surface area contributed by atoms with Gasteiger partial charge in [-0.2, -0.15) is 0 Å². The number of carbonyl (C=O) groups is 1. The molecule has 1 aromatic rings. The van der Waals surface area contributed by atoms with Crippen LogP contribution in [0.1, 0.15) is 17.3 Å². The van der Waals surface area contributed by atoms with E-state index in [2.05, 4.69) is 22.6 Å². The van der Waals surface area contributed by atoms with Gasteiger partial charge in [-0.1, -0.05) is 6.92 Å². The van der Waals surface area contributed by atoms with Crippen molar-refractivity contribution in [3.63, 3.8) is 0 Å². The number of β-amino-alcohol motifs (C(OH)–C–C–N with tert-alkyl or cyclic N) is 1. The molecule has 1 saturated heterocycles. The summed E-state index contributed by atoms with van der Waals surface area (Å²) >= 11 is 3.77. The molecular weight excluding hydrogens is 325 g/mol. The van der Waals surface area contributed by atoms with E-state index < -0.39 is 0 Å². The molecule has 5 heteroatoms. The van der Waals surface area contributed by atoms with Gasteiger partial charge in [0.15, 0.2) is 0 Å². The second kappa shape index (κ2) is 4.39. The lowest BCUT2D eigenvalue weighted by molar-refractivity contribution is 0.0765. The van der Waals surface area contributed by atoms with Crippen molar-refractivity contribution in [2.24, 2.45) is 5.92 Å². The number of halogens is 1. The van der Waals surface area contributed by atoms with Gasteiger partial charge in [-0.25, -0.2) is 0 Å². The predicted molar refractivity (Wildman–Crippen MR) is 68.1 cm³/mol. The summed E-state index contributed by atoms with van der Waals surface area (Å²) in [6.07, 6.45) is -0.369. The highest BCUT2D eigenvalue weighted by molar-refractivity contribution is 14.1. The summed E-state index contributed by atoms with van der Waals surface area (Å²) in [5, 5.41) is 11.5. The van der Waals surface area contributed by atoms with Gasteiger partial charge in [0.1, 0.15) is 0 Å². The molecule has 2 atom stereocenters. The van der Waals surface area contributed by atoms with Crippen molar-refractivity contribution in [3.05, 3.63) is 19.9 Å². The standard InChI is InChI=1S/C10H12INO2S/c1-6-3-12(4-8(6)13)10(14)7-2-9(11)15-5-7/h2,5-6,8,13H,3-4H2,1H3. The van der Waals surface area contributed by atoms with Crippen LogP contribution in [0.15, 0.2) is 11.4 Å². The summed E-state index contributed by atoms with van der Waals surface area (Å²) in [6.45, 7) is 3.09. The quantitative estimate of drug-likeness (QED) is 0.794. The summed E-state index contributed by atoms with van der Waals surface area (Å²) in [6, 6.07) is 1.89. The van der Waals surface area contributed by atoms with Crippen molar-refractivity contribution in [2.45, 2.75) is 13.0 Å². The first-order chi connectivity index (χ1) is 7.08. The molecule has 1 aliphatic rings. The second-order valence-corrected chi connectivity index (χ2v) is 6.70. The minimum atomic E-state index is -0.369. The van der Waals surface area contributed by atoms with Crippen molar-refractivity contribution in [3.8, 4) is 0 Å². The van der Waals surface area contributed by atoms with Crippen LogP contribution in [0.25, 0.3) is 0 Å². The Kier molecular flexibility index (Phi) is 3.32. The Labute approximate surface area is 106 Å². The van der Waals surface area contributed by atoms with Gasteiger partial charge in [0.25, 0.3) is 5.91 Å². The molecule has 2 heterocycles. The van der Waals surface area contributed by atoms with E-state index in [1.165, 1.54) is 0 Å². The summed E-state index contributed by atoms with van der Waals surface area (Å²) in [5.41, 5.74) is 0.741. The van der Waals surface area contributed by atoms with E-state index >= 15 is 0 Å². The number of amides is 1. The van der Waals surface area contributed by atoms with E-state index in [4.69, 9.17) is 0 Å². The topological polar surface area (TPSA) is 40.5 Å². The third kappa shape index (κ3) is 2.34. The lowest BCUT2D eigenvalue weighted by Gasteiger charge is -2.14. The van der Waals surface area contributed by atoms with Crippen LogP contribution in [0.3, 0.4) is 0 Å². The number of nitrogens with zero attached hydrogens (tertiary/aromatic N) is 1. The number of carbonyl (C=O) groups excluding carboxylic acids is 1. The molecule has 1 fully saturated rings. The smallest absolute Gasteiger partial charge is 0.254 e. The minimum absolute atomic E-state index is 0.0394. The molecule has 1 aromatic heterocycles. The van der Waals surface area contributed by atoms with Gasteiger partial charge in [-0.15, -0.1) is 11.3 Å². The Balaban J connectivity index is 2.10. The largest absolute Gasteiger partial charge is 0.391 e. The van der Waals surface area contributed by atoms with Crippen molar-refractivity contribution in [1.29, 1.82) is 0 Å². The molecule has 2 unspecified atom stereocenters. The summed E-state index contributed by atoms with van der Waals surface area (Å²) in [5.74, 6) is 0.226. The van der Waals surface area contributed by atoms with Gasteiger partial charge >= 0.3 is 0 Å². The maximum Gasteiger partial charge on any atom is 0.254 e. The minimum Gasteiger partial charge on any atom is -0.391 e. The number of hydrogen-bond donors (Lipinski definition) is 1. The first kappa shape index (κ1) is 11.3. The maximum absolute atomic E-state index is 12.0. The number of aliphatic hydroxyl groups is 1. The number of hydrogen-bond acceptors (Lipinski definition) is 3. The number of thiophene rings is 1. The van der Waals surface area contributed by atoms with Crippen LogP contribution in [0.5, 0.6) is 0 Å². The van der Waals surface area contributed by atoms with Crippen LogP contribution in [-0.2, 0) is 0 Å². The van der Waals surface area contributed by atoms with Crippen LogP contribution in [0, 0.1) is 8.80 Å². The Morgan fingerprint density at radius 2 is 2.40 bits per heavy atom. The van der Waals surface area contributed by atoms with Crippen LogP contribution in [0.4, 0.5) is 0 Å². The van der Waals surface area contributed by atoms with E-state index in [0.717, 1.165) is 8.45 Å². The number of rotatable bonds is 1. The third-order valence-corrected chi connectivity index (χ3v) is 4.46. The summed E-state index contributed by atoms with van der Waals surface area (Å²) < 4.78 is 1.11. The molecule has 0 saturated carbocycles. The highest BCUT2D eigenvalue weighted by atomic mass is 127. The zero-order valence-corrected chi connectivity index (χ0v) is 11.3. The molecule has 0 radical (unpaired) electrons. The van der Waals surface area contributed by atoms with E-state index in [-0.39, 0.29) is 17.9 Å². The number of aliphatic hydroxyl groups excluding tert-OH is 1. The van der Waals surface area contributed by atoms with Gasteiger partial charge in [-0.05, 0) is 28.7 Å². The van der Waals surface area contributed by atoms with E-state index in [1.54, 1.807) is 16.2 Å². The molecule has 82 valence electrons. The summed E-state index contributed by atoms with van der Waals surface area (Å²) in [7, 11) is 0. The fraction of sp³-hybridized carbons (Fsp3) is 0.500. The van der Waals surface area contributed by atoms with Crippen LogP contribution in [0.2, 0.25) is 0 Å². The zero-order chi connectivity index (χ0) is 11.0. The summed E-state index contributed by atoms with van der Waals surface area (Å²) in [4.78, 5) is 13.7. The highest BCUT2D eigenvalue weighted by Crippen LogP contribution is 2.22. The molecule has 0 aromatic carbocycles. The molecule has 1 aliphatic heterocycles. The monoisotopic (exact) mass is 337 g/mol. The average Bonchev–Trinajstić information content (AvgIpc) is 2.74. The molecule has 3 nitrogen and oxygen atoms in total. The molecule has 1 amide bonds. The van der Waals surface area contributed by atoms with Crippen molar-refractivity contribution in [2.75, 3.05) is 13.1 Å². The molecule has 2 rings (SSSR count). The molecule has 1 N–H and O–H groups in total. The van der Waals surface area contributed by atoms with Crippen LogP contribution in [-0.4, -0.2) is 35.1 Å². The SMILES string of the molecule is CC1CN(C(=O)c2csc(I)c2)CC1O. The van der Waals surface area contributed by atoms with Crippen molar-refractivity contribution in [1.82, 2.24) is 4.90 Å². The Morgan fingerprint density at radius 1 is 1.67 bits per heavy atom. The molecule has 0 bridgehead atoms. The van der Waals surface area contributed by atoms with Gasteiger partial charge in [0, 0.05) is 24.4 Å². The van der Waals surface area contributed by atoms with Gasteiger partial charge in [0.05, 0.1) is 14.6 Å². The lowest BCUT2D eigenvalue weighted by atomic mass is 10.1. The Morgan fingerprint density at radius 3 is 2.87 bits per heavy atom. The van der Waals surface area contributed by atoms with E-state index in [9.17, 15) is 9.90 Å². The normalized spacial score (nSPS) is 25.9. The zero-order valence-electron chi connectivity index (χ0n) is 8.31. The molecule has 0 spiro atoms. The predicted octanol–water partition coefficient (Wildman–Crippen LogP) is 1.81. The van der Waals surface area contributed by atoms with Crippen molar-refractivity contribution >= 4 is 39.8 Å². The van der Waals surface area contributed by atoms with Gasteiger partial charge in [0.2, 0.25) is 0 Å². The van der Waals surface area contributed by atoms with Crippen molar-refractivity contribution < 1.29 is 9.90 Å². The van der Waals surface area contributed by atoms with Gasteiger partial charge < -0.3 is 10.0 Å². The second-order valence-electron chi connectivity index (χ2n) is 3.89. The van der Waals surface area contributed by atoms with Gasteiger partial charge in [-0.3, -0.25) is 4.79 Å². The molecule has 0 aliphatic carbocycles. The lowest BCUT2D eigenvalue weighted by Crippen LogP contribution is -2.29. The first-order valence-corrected chi connectivity index (χ1v) is 6.75. The maximum atomic E-state index is 12.0. The Bertz CT molecular complexity index is 369. The Hall–Kier alpha value is -0.140.